The molecule has 2 aromatic carbocycles. The van der Waals surface area contributed by atoms with Gasteiger partial charge in [-0.25, -0.2) is 4.39 Å². The molecule has 1 unspecified atom stereocenters. The minimum absolute atomic E-state index is 0.179. The third kappa shape index (κ3) is 3.29. The van der Waals surface area contributed by atoms with Crippen molar-refractivity contribution < 1.29 is 22.4 Å². The molecule has 0 fully saturated rings. The van der Waals surface area contributed by atoms with Crippen molar-refractivity contribution in [1.29, 1.82) is 0 Å². The van der Waals surface area contributed by atoms with Crippen LogP contribution in [0.5, 0.6) is 0 Å². The second-order valence-electron chi connectivity index (χ2n) is 7.10. The van der Waals surface area contributed by atoms with E-state index < -0.39 is 39.6 Å². The van der Waals surface area contributed by atoms with Crippen LogP contribution in [0.15, 0.2) is 29.4 Å². The van der Waals surface area contributed by atoms with Gasteiger partial charge in [0.05, 0.1) is 15.8 Å². The van der Waals surface area contributed by atoms with Gasteiger partial charge in [0.1, 0.15) is 0 Å². The lowest BCUT2D eigenvalue weighted by molar-refractivity contribution is -0.275. The van der Waals surface area contributed by atoms with Crippen LogP contribution in [0.4, 0.5) is 17.6 Å². The molecule has 9 heteroatoms. The third-order valence-corrected chi connectivity index (χ3v) is 6.31. The summed E-state index contributed by atoms with van der Waals surface area (Å²) >= 11 is 17.5. The molecule has 0 bridgehead atoms. The summed E-state index contributed by atoms with van der Waals surface area (Å²) in [5.41, 5.74) is 0.613. The van der Waals surface area contributed by atoms with Crippen molar-refractivity contribution in [2.75, 3.05) is 0 Å². The van der Waals surface area contributed by atoms with Crippen LogP contribution in [0.25, 0.3) is 0 Å². The lowest BCUT2D eigenvalue weighted by Crippen LogP contribution is -2.42. The first kappa shape index (κ1) is 20.8. The van der Waals surface area contributed by atoms with E-state index >= 15 is 0 Å². The first-order valence-electron chi connectivity index (χ1n) is 8.84. The highest BCUT2D eigenvalue weighted by molar-refractivity contribution is 6.35. The fraction of sp³-hybridized carbons (Fsp3) is 0.350. The topological polar surface area (TPSA) is 21.6 Å². The van der Waals surface area contributed by atoms with Gasteiger partial charge in [-0.1, -0.05) is 40.5 Å². The van der Waals surface area contributed by atoms with Crippen molar-refractivity contribution in [3.63, 3.8) is 0 Å². The highest BCUT2D eigenvalue weighted by Gasteiger charge is 2.62. The summed E-state index contributed by atoms with van der Waals surface area (Å²) in [4.78, 5) is 5.02. The number of nitrogens with zero attached hydrogens (tertiary/aromatic N) is 1. The lowest BCUT2D eigenvalue weighted by Gasteiger charge is -2.30. The van der Waals surface area contributed by atoms with Gasteiger partial charge >= 0.3 is 6.18 Å². The predicted octanol–water partition coefficient (Wildman–Crippen LogP) is 6.94. The molecule has 29 heavy (non-hydrogen) atoms. The second kappa shape index (κ2) is 7.33. The van der Waals surface area contributed by atoms with Crippen LogP contribution in [0.2, 0.25) is 10.0 Å². The molecule has 0 saturated carbocycles. The number of benzene rings is 2. The summed E-state index contributed by atoms with van der Waals surface area (Å²) in [6.07, 6.45) is -2.93. The molecule has 2 nitrogen and oxygen atoms in total. The van der Waals surface area contributed by atoms with Crippen molar-refractivity contribution >= 4 is 40.5 Å². The monoisotopic (exact) mass is 465 g/mol. The Bertz CT molecular complexity index is 999. The summed E-state index contributed by atoms with van der Waals surface area (Å²) in [6, 6.07) is 5.32. The van der Waals surface area contributed by atoms with Gasteiger partial charge in [0.2, 0.25) is 0 Å². The van der Waals surface area contributed by atoms with Crippen molar-refractivity contribution in [2.24, 2.45) is 5.16 Å². The minimum Gasteiger partial charge on any atom is -0.374 e. The molecule has 4 rings (SSSR count). The van der Waals surface area contributed by atoms with E-state index in [1.807, 2.05) is 6.07 Å². The van der Waals surface area contributed by atoms with Crippen LogP contribution in [-0.4, -0.2) is 11.9 Å². The fourth-order valence-corrected chi connectivity index (χ4v) is 4.75. The van der Waals surface area contributed by atoms with E-state index in [-0.39, 0.29) is 5.71 Å². The number of rotatable bonds is 3. The first-order valence-corrected chi connectivity index (χ1v) is 10.1. The summed E-state index contributed by atoms with van der Waals surface area (Å²) in [7, 11) is 0. The highest BCUT2D eigenvalue weighted by Crippen LogP contribution is 2.50. The van der Waals surface area contributed by atoms with E-state index in [0.717, 1.165) is 48.1 Å². The van der Waals surface area contributed by atoms with E-state index in [0.29, 0.717) is 11.4 Å². The molecule has 0 N–H and O–H groups in total. The van der Waals surface area contributed by atoms with Gasteiger partial charge in [-0.05, 0) is 48.1 Å². The van der Waals surface area contributed by atoms with Crippen molar-refractivity contribution in [2.45, 2.75) is 43.3 Å². The predicted molar refractivity (Wildman–Crippen MR) is 104 cm³/mol. The van der Waals surface area contributed by atoms with Gasteiger partial charge in [0.15, 0.2) is 5.82 Å². The maximum Gasteiger partial charge on any atom is 0.435 e. The van der Waals surface area contributed by atoms with E-state index in [1.54, 1.807) is 6.07 Å². The van der Waals surface area contributed by atoms with Gasteiger partial charge in [0, 0.05) is 23.4 Å². The number of hydrogen-bond donors (Lipinski definition) is 0. The number of oxime groups is 1. The van der Waals surface area contributed by atoms with Crippen LogP contribution in [0.1, 0.15) is 40.7 Å². The summed E-state index contributed by atoms with van der Waals surface area (Å²) in [5, 5.41) is 2.77. The van der Waals surface area contributed by atoms with E-state index in [1.165, 1.54) is 0 Å². The van der Waals surface area contributed by atoms with E-state index in [4.69, 9.17) is 39.6 Å². The highest BCUT2D eigenvalue weighted by atomic mass is 35.5. The largest absolute Gasteiger partial charge is 0.435 e. The maximum atomic E-state index is 14.2. The van der Waals surface area contributed by atoms with Crippen LogP contribution in [-0.2, 0) is 29.2 Å². The molecule has 2 aliphatic rings. The van der Waals surface area contributed by atoms with E-state index in [2.05, 4.69) is 5.16 Å². The number of alkyl halides is 4. The van der Waals surface area contributed by atoms with Crippen molar-refractivity contribution in [3.05, 3.63) is 67.9 Å². The van der Waals surface area contributed by atoms with Crippen molar-refractivity contribution in [3.8, 4) is 0 Å². The van der Waals surface area contributed by atoms with Crippen LogP contribution < -0.4 is 0 Å². The van der Waals surface area contributed by atoms with Crippen LogP contribution in [0, 0.1) is 5.82 Å². The lowest BCUT2D eigenvalue weighted by atomic mass is 9.85. The van der Waals surface area contributed by atoms with Crippen LogP contribution in [0.3, 0.4) is 0 Å². The Morgan fingerprint density at radius 3 is 2.34 bits per heavy atom. The van der Waals surface area contributed by atoms with Gasteiger partial charge in [-0.3, -0.25) is 0 Å². The standard InChI is InChI=1S/C20H14Cl3F4NO/c21-9-10-4-5-14(13-3-1-2-12(10)13)17-8-19(29-28-17,20(25,26)27)11-6-15(22)18(24)16(23)7-11/h4-7H,1-3,8-9H2. The normalized spacial score (nSPS) is 21.1. The zero-order valence-electron chi connectivity index (χ0n) is 14.8. The summed E-state index contributed by atoms with van der Waals surface area (Å²) in [6.45, 7) is 0. The molecule has 0 aromatic heterocycles. The Labute approximate surface area is 179 Å². The Hall–Kier alpha value is -1.50. The van der Waals surface area contributed by atoms with Gasteiger partial charge in [-0.2, -0.15) is 13.2 Å². The summed E-state index contributed by atoms with van der Waals surface area (Å²) in [5.74, 6) is -0.645. The molecule has 154 valence electrons. The van der Waals surface area contributed by atoms with E-state index in [9.17, 15) is 17.6 Å². The van der Waals surface area contributed by atoms with Crippen LogP contribution >= 0.6 is 34.8 Å². The van der Waals surface area contributed by atoms with Gasteiger partial charge < -0.3 is 4.84 Å². The third-order valence-electron chi connectivity index (χ3n) is 5.47. The molecule has 0 spiro atoms. The molecular weight excluding hydrogens is 453 g/mol. The van der Waals surface area contributed by atoms with Gasteiger partial charge in [0.25, 0.3) is 5.60 Å². The smallest absolute Gasteiger partial charge is 0.374 e. The van der Waals surface area contributed by atoms with Crippen molar-refractivity contribution in [1.82, 2.24) is 0 Å². The minimum atomic E-state index is -4.83. The van der Waals surface area contributed by atoms with Gasteiger partial charge in [-0.15, -0.1) is 11.6 Å². The Balaban J connectivity index is 1.78. The molecule has 1 heterocycles. The quantitative estimate of drug-likeness (QED) is 0.273. The number of halogens is 7. The molecule has 0 radical (unpaired) electrons. The molecule has 1 aliphatic carbocycles. The SMILES string of the molecule is Fc1c(Cl)cc(C2(C(F)(F)F)CC(c3ccc(CCl)c4c3CCC4)=NO2)cc1Cl. The zero-order chi connectivity index (χ0) is 21.0. The fourth-order valence-electron chi connectivity index (χ4n) is 4.01. The average molecular weight is 467 g/mol. The maximum absolute atomic E-state index is 14.2. The number of hydrogen-bond acceptors (Lipinski definition) is 2. The zero-order valence-corrected chi connectivity index (χ0v) is 17.1. The molecule has 2 aromatic rings. The average Bonchev–Trinajstić information content (AvgIpc) is 3.32. The molecule has 1 atom stereocenters. The number of fused-ring (bicyclic) bond motifs is 1. The molecule has 0 saturated heterocycles. The summed E-state index contributed by atoms with van der Waals surface area (Å²) < 4.78 is 56.2. The Morgan fingerprint density at radius 2 is 1.72 bits per heavy atom. The first-order chi connectivity index (χ1) is 13.7. The Kier molecular flexibility index (Phi) is 5.24. The molecule has 1 aliphatic heterocycles. The molecule has 0 amide bonds. The second-order valence-corrected chi connectivity index (χ2v) is 8.18. The molecular formula is C20H14Cl3F4NO. The Morgan fingerprint density at radius 1 is 1.07 bits per heavy atom.